The molecule has 246 valence electrons. The number of nitrogens with zero attached hydrogens (tertiary/aromatic N) is 2. The lowest BCUT2D eigenvalue weighted by Gasteiger charge is -2.38. The quantitative estimate of drug-likeness (QED) is 0.363. The van der Waals surface area contributed by atoms with Gasteiger partial charge < -0.3 is 29.8 Å². The van der Waals surface area contributed by atoms with E-state index in [0.717, 1.165) is 32.4 Å². The molecule has 0 radical (unpaired) electrons. The largest absolute Gasteiger partial charge is 0.475 e. The Balaban J connectivity index is 1.27. The molecule has 3 N–H and O–H groups in total. The van der Waals surface area contributed by atoms with Crippen LogP contribution in [0.2, 0.25) is 0 Å². The number of hydrogen-bond donors (Lipinski definition) is 3. The molecule has 1 aromatic carbocycles. The summed E-state index contributed by atoms with van der Waals surface area (Å²) in [7, 11) is 0. The minimum atomic E-state index is -1.17. The van der Waals surface area contributed by atoms with Crippen LogP contribution in [0.5, 0.6) is 0 Å². The number of carbonyl (C=O) groups excluding carboxylic acids is 3. The Bertz CT molecular complexity index is 1390. The summed E-state index contributed by atoms with van der Waals surface area (Å²) in [6, 6.07) is 4.93. The number of ether oxygens (including phenoxy) is 1. The average Bonchev–Trinajstić information content (AvgIpc) is 3.64. The summed E-state index contributed by atoms with van der Waals surface area (Å²) >= 11 is 0. The van der Waals surface area contributed by atoms with E-state index in [0.29, 0.717) is 55.3 Å². The van der Waals surface area contributed by atoms with E-state index < -0.39 is 36.4 Å². The van der Waals surface area contributed by atoms with Crippen molar-refractivity contribution in [1.29, 1.82) is 0 Å². The fraction of sp³-hybridized carbons (Fsp3) is 0.636. The molecule has 5 rings (SSSR count). The van der Waals surface area contributed by atoms with Crippen molar-refractivity contribution in [2.45, 2.75) is 95.9 Å². The van der Waals surface area contributed by atoms with Gasteiger partial charge in [0.15, 0.2) is 0 Å². The van der Waals surface area contributed by atoms with Gasteiger partial charge in [-0.3, -0.25) is 14.5 Å². The Morgan fingerprint density at radius 1 is 1.02 bits per heavy atom. The molecule has 3 atom stereocenters. The van der Waals surface area contributed by atoms with Gasteiger partial charge in [-0.1, -0.05) is 6.42 Å². The summed E-state index contributed by atoms with van der Waals surface area (Å²) in [5.74, 6) is -2.07. The van der Waals surface area contributed by atoms with Crippen LogP contribution in [0.15, 0.2) is 28.7 Å². The van der Waals surface area contributed by atoms with Gasteiger partial charge in [-0.2, -0.15) is 0 Å². The van der Waals surface area contributed by atoms with Crippen molar-refractivity contribution >= 4 is 40.5 Å². The van der Waals surface area contributed by atoms with Gasteiger partial charge >= 0.3 is 12.1 Å². The Kier molecular flexibility index (Phi) is 10.0. The van der Waals surface area contributed by atoms with Crippen LogP contribution in [0, 0.1) is 11.8 Å². The molecule has 1 saturated carbocycles. The second kappa shape index (κ2) is 13.8. The highest BCUT2D eigenvalue weighted by Crippen LogP contribution is 2.36. The number of carboxylic acids is 1. The van der Waals surface area contributed by atoms with E-state index in [-0.39, 0.29) is 35.5 Å². The molecule has 45 heavy (non-hydrogen) atoms. The molecule has 2 saturated heterocycles. The van der Waals surface area contributed by atoms with E-state index in [2.05, 4.69) is 15.5 Å². The molecule has 0 spiro atoms. The van der Waals surface area contributed by atoms with Crippen molar-refractivity contribution < 1.29 is 37.8 Å². The average molecular weight is 629 g/mol. The van der Waals surface area contributed by atoms with Crippen LogP contribution >= 0.6 is 0 Å². The fourth-order valence-electron chi connectivity index (χ4n) is 7.16. The highest BCUT2D eigenvalue weighted by Gasteiger charge is 2.46. The first-order chi connectivity index (χ1) is 21.4. The van der Waals surface area contributed by atoms with E-state index in [9.17, 15) is 28.7 Å². The van der Waals surface area contributed by atoms with Crippen molar-refractivity contribution in [3.8, 4) is 0 Å². The van der Waals surface area contributed by atoms with E-state index in [1.54, 1.807) is 43.9 Å². The van der Waals surface area contributed by atoms with Gasteiger partial charge in [0.05, 0.1) is 6.04 Å². The third-order valence-electron chi connectivity index (χ3n) is 9.33. The summed E-state index contributed by atoms with van der Waals surface area (Å²) in [5.41, 5.74) is 0.216. The molecule has 12 heteroatoms. The monoisotopic (exact) mass is 628 g/mol. The van der Waals surface area contributed by atoms with Crippen molar-refractivity contribution in [1.82, 2.24) is 15.1 Å². The van der Waals surface area contributed by atoms with Gasteiger partial charge in [-0.05, 0) is 109 Å². The second-order valence-electron chi connectivity index (χ2n) is 13.6. The number of hydrogen-bond acceptors (Lipinski definition) is 7. The number of alkyl carbamates (subject to hydrolysis) is 1. The highest BCUT2D eigenvalue weighted by molar-refractivity contribution is 6.00. The Morgan fingerprint density at radius 3 is 2.38 bits per heavy atom. The van der Waals surface area contributed by atoms with E-state index in [1.165, 1.54) is 6.07 Å². The zero-order valence-electron chi connectivity index (χ0n) is 26.4. The molecule has 3 aliphatic rings. The fourth-order valence-corrected chi connectivity index (χ4v) is 7.16. The number of fused-ring (bicyclic) bond motifs is 1. The van der Waals surface area contributed by atoms with Crippen LogP contribution in [0.3, 0.4) is 0 Å². The number of amides is 3. The molecule has 0 bridgehead atoms. The molecule has 11 nitrogen and oxygen atoms in total. The molecular formula is C33H45FN4O7. The standard InChI is InChI=1S/C33H45FN4O7/c1-33(2,3)45-32(43)36-24(19-34)20-7-9-21(10-8-20)30(40)38-16-13-25(37-14-5-4-6-15-37)28(38)29(39)35-23-11-12-26-22(17-23)18-27(44-26)31(41)42/h11-12,17-18,20-21,24-25,28H,4-10,13-16,19H2,1-3H3,(H,35,39)(H,36,43)(H,41,42)/t20?,21?,24-,25+,28+/m1/s1. The van der Waals surface area contributed by atoms with Crippen LogP contribution in [-0.2, 0) is 14.3 Å². The predicted molar refractivity (Wildman–Crippen MR) is 166 cm³/mol. The number of benzene rings is 1. The lowest BCUT2D eigenvalue weighted by Crippen LogP contribution is -2.55. The van der Waals surface area contributed by atoms with Gasteiger partial charge in [0.2, 0.25) is 17.6 Å². The number of carboxylic acid groups (broad SMARTS) is 1. The third-order valence-corrected chi connectivity index (χ3v) is 9.33. The van der Waals surface area contributed by atoms with Gasteiger partial charge in [-0.15, -0.1) is 0 Å². The molecule has 3 heterocycles. The van der Waals surface area contributed by atoms with Gasteiger partial charge in [0, 0.05) is 29.6 Å². The van der Waals surface area contributed by atoms with Crippen LogP contribution in [0.25, 0.3) is 11.0 Å². The number of rotatable bonds is 8. The number of halogens is 1. The van der Waals surface area contributed by atoms with Crippen LogP contribution in [-0.4, -0.2) is 88.8 Å². The predicted octanol–water partition coefficient (Wildman–Crippen LogP) is 5.19. The number of furan rings is 1. The zero-order valence-corrected chi connectivity index (χ0v) is 26.4. The number of likely N-dealkylation sites (tertiary alicyclic amines) is 2. The van der Waals surface area contributed by atoms with E-state index >= 15 is 0 Å². The summed E-state index contributed by atoms with van der Waals surface area (Å²) in [6.07, 6.45) is 5.60. The maximum absolute atomic E-state index is 14.0. The molecule has 2 aliphatic heterocycles. The van der Waals surface area contributed by atoms with Gasteiger partial charge in [0.1, 0.15) is 23.9 Å². The lowest BCUT2D eigenvalue weighted by molar-refractivity contribution is -0.142. The van der Waals surface area contributed by atoms with E-state index in [4.69, 9.17) is 9.15 Å². The zero-order chi connectivity index (χ0) is 32.3. The minimum Gasteiger partial charge on any atom is -0.475 e. The number of carbonyl (C=O) groups is 4. The summed E-state index contributed by atoms with van der Waals surface area (Å²) in [5, 5.41) is 15.5. The number of nitrogens with one attached hydrogen (secondary N) is 2. The van der Waals surface area contributed by atoms with Gasteiger partial charge in [-0.25, -0.2) is 14.0 Å². The Morgan fingerprint density at radius 2 is 1.73 bits per heavy atom. The van der Waals surface area contributed by atoms with Crippen molar-refractivity contribution in [2.75, 3.05) is 31.6 Å². The van der Waals surface area contributed by atoms with Crippen molar-refractivity contribution in [2.24, 2.45) is 11.8 Å². The maximum Gasteiger partial charge on any atom is 0.407 e. The molecule has 0 unspecified atom stereocenters. The first-order valence-electron chi connectivity index (χ1n) is 16.1. The minimum absolute atomic E-state index is 0.0543. The molecule has 3 amide bonds. The molecular weight excluding hydrogens is 583 g/mol. The lowest BCUT2D eigenvalue weighted by atomic mass is 9.78. The summed E-state index contributed by atoms with van der Waals surface area (Å²) in [4.78, 5) is 55.7. The number of aromatic carboxylic acids is 1. The van der Waals surface area contributed by atoms with Crippen LogP contribution < -0.4 is 10.6 Å². The number of piperidine rings is 1. The smallest absolute Gasteiger partial charge is 0.407 e. The number of alkyl halides is 1. The second-order valence-corrected chi connectivity index (χ2v) is 13.6. The highest BCUT2D eigenvalue weighted by atomic mass is 19.1. The Labute approximate surface area is 262 Å². The molecule has 2 aromatic rings. The SMILES string of the molecule is CC(C)(C)OC(=O)N[C@H](CF)C1CCC(C(=O)N2CC[C@H](N3CCCCC3)[C@H]2C(=O)Nc2ccc3oc(C(=O)O)cc3c2)CC1. The maximum atomic E-state index is 14.0. The Hall–Kier alpha value is -3.67. The normalized spacial score (nSPS) is 25.1. The first-order valence-corrected chi connectivity index (χ1v) is 16.1. The van der Waals surface area contributed by atoms with Crippen molar-refractivity contribution in [3.63, 3.8) is 0 Å². The van der Waals surface area contributed by atoms with Crippen LogP contribution in [0.1, 0.15) is 82.7 Å². The third kappa shape index (κ3) is 7.77. The summed E-state index contributed by atoms with van der Waals surface area (Å²) in [6.45, 7) is 6.80. The molecule has 3 fully saturated rings. The molecule has 1 aliphatic carbocycles. The molecule has 1 aromatic heterocycles. The van der Waals surface area contributed by atoms with Crippen molar-refractivity contribution in [3.05, 3.63) is 30.0 Å². The van der Waals surface area contributed by atoms with Gasteiger partial charge in [0.25, 0.3) is 0 Å². The topological polar surface area (TPSA) is 141 Å². The van der Waals surface area contributed by atoms with E-state index in [1.807, 2.05) is 0 Å². The summed E-state index contributed by atoms with van der Waals surface area (Å²) < 4.78 is 24.6. The number of anilines is 1. The first kappa shape index (κ1) is 32.7. The van der Waals surface area contributed by atoms with Crippen LogP contribution in [0.4, 0.5) is 14.9 Å².